The lowest BCUT2D eigenvalue weighted by molar-refractivity contribution is 0.581. The van der Waals surface area contributed by atoms with E-state index in [0.29, 0.717) is 0 Å². The van der Waals surface area contributed by atoms with Gasteiger partial charge in [-0.05, 0) is 24.1 Å². The maximum absolute atomic E-state index is 12.2. The summed E-state index contributed by atoms with van der Waals surface area (Å²) < 4.78 is 26.9. The summed E-state index contributed by atoms with van der Waals surface area (Å²) in [5.74, 6) is 0. The van der Waals surface area contributed by atoms with Crippen molar-refractivity contribution in [1.82, 2.24) is 9.71 Å². The number of aromatic nitrogens is 1. The summed E-state index contributed by atoms with van der Waals surface area (Å²) in [7, 11) is -3.48. The molecule has 0 saturated heterocycles. The Bertz CT molecular complexity index is 681. The standard InChI is InChI=1S/C12H13N3O2S2/c16-19(17,15-8-12-14-5-6-18-12)10-2-1-9-3-4-13-11(9)7-10/h1-2,5-7,13,15H,3-4,8H2. The van der Waals surface area contributed by atoms with Crippen molar-refractivity contribution in [3.8, 4) is 0 Å². The molecule has 0 bridgehead atoms. The maximum Gasteiger partial charge on any atom is 0.241 e. The van der Waals surface area contributed by atoms with Crippen molar-refractivity contribution in [2.75, 3.05) is 11.9 Å². The Hall–Kier alpha value is -1.44. The van der Waals surface area contributed by atoms with Gasteiger partial charge in [-0.15, -0.1) is 11.3 Å². The molecule has 0 spiro atoms. The van der Waals surface area contributed by atoms with E-state index in [1.807, 2.05) is 11.4 Å². The lowest BCUT2D eigenvalue weighted by atomic mass is 10.2. The van der Waals surface area contributed by atoms with Gasteiger partial charge in [0.05, 0.1) is 11.4 Å². The van der Waals surface area contributed by atoms with E-state index in [1.54, 1.807) is 18.3 Å². The summed E-state index contributed by atoms with van der Waals surface area (Å²) in [6, 6.07) is 5.20. The van der Waals surface area contributed by atoms with Crippen molar-refractivity contribution in [1.29, 1.82) is 0 Å². The predicted molar refractivity (Wildman–Crippen MR) is 74.8 cm³/mol. The highest BCUT2D eigenvalue weighted by Gasteiger charge is 2.18. The minimum atomic E-state index is -3.48. The first-order valence-corrected chi connectivity index (χ1v) is 8.26. The minimum absolute atomic E-state index is 0.227. The van der Waals surface area contributed by atoms with Gasteiger partial charge in [-0.2, -0.15) is 0 Å². The Kier molecular flexibility index (Phi) is 3.26. The van der Waals surface area contributed by atoms with Crippen LogP contribution in [0.4, 0.5) is 5.69 Å². The number of fused-ring (bicyclic) bond motifs is 1. The summed E-state index contributed by atoms with van der Waals surface area (Å²) in [5, 5.41) is 5.75. The number of nitrogens with one attached hydrogen (secondary N) is 2. The second kappa shape index (κ2) is 4.92. The van der Waals surface area contributed by atoms with Gasteiger partial charge in [-0.1, -0.05) is 6.07 Å². The van der Waals surface area contributed by atoms with E-state index < -0.39 is 10.0 Å². The molecule has 1 aromatic heterocycles. The van der Waals surface area contributed by atoms with E-state index in [9.17, 15) is 8.42 Å². The SMILES string of the molecule is O=S(=O)(NCc1nccs1)c1ccc2c(c1)NCC2. The minimum Gasteiger partial charge on any atom is -0.384 e. The number of anilines is 1. The zero-order valence-electron chi connectivity index (χ0n) is 10.1. The molecule has 0 atom stereocenters. The fraction of sp³-hybridized carbons (Fsp3) is 0.250. The average Bonchev–Trinajstić information content (AvgIpc) is 3.06. The highest BCUT2D eigenvalue weighted by atomic mass is 32.2. The molecule has 100 valence electrons. The van der Waals surface area contributed by atoms with Crippen LogP contribution in [0.5, 0.6) is 0 Å². The van der Waals surface area contributed by atoms with Crippen LogP contribution in [0.2, 0.25) is 0 Å². The van der Waals surface area contributed by atoms with E-state index in [1.165, 1.54) is 16.9 Å². The topological polar surface area (TPSA) is 71.1 Å². The Morgan fingerprint density at radius 2 is 2.32 bits per heavy atom. The average molecular weight is 295 g/mol. The zero-order chi connectivity index (χ0) is 13.3. The molecule has 7 heteroatoms. The highest BCUT2D eigenvalue weighted by molar-refractivity contribution is 7.89. The molecule has 0 radical (unpaired) electrons. The Labute approximate surface area is 115 Å². The van der Waals surface area contributed by atoms with Gasteiger partial charge < -0.3 is 5.32 Å². The third-order valence-electron chi connectivity index (χ3n) is 3.00. The van der Waals surface area contributed by atoms with Gasteiger partial charge in [0.15, 0.2) is 0 Å². The first-order valence-electron chi connectivity index (χ1n) is 5.90. The number of hydrogen-bond donors (Lipinski definition) is 2. The molecule has 3 rings (SSSR count). The lowest BCUT2D eigenvalue weighted by Crippen LogP contribution is -2.23. The van der Waals surface area contributed by atoms with Crippen LogP contribution < -0.4 is 10.0 Å². The number of benzene rings is 1. The normalized spacial score (nSPS) is 14.1. The molecule has 1 aliphatic heterocycles. The van der Waals surface area contributed by atoms with Gasteiger partial charge in [0.25, 0.3) is 0 Å². The molecule has 5 nitrogen and oxygen atoms in total. The molecular formula is C12H13N3O2S2. The predicted octanol–water partition coefficient (Wildman–Crippen LogP) is 1.59. The molecule has 2 N–H and O–H groups in total. The van der Waals surface area contributed by atoms with Crippen molar-refractivity contribution in [2.24, 2.45) is 0 Å². The fourth-order valence-electron chi connectivity index (χ4n) is 2.02. The summed E-state index contributed by atoms with van der Waals surface area (Å²) in [4.78, 5) is 4.34. The van der Waals surface area contributed by atoms with Gasteiger partial charge in [0.2, 0.25) is 10.0 Å². The van der Waals surface area contributed by atoms with Crippen LogP contribution in [-0.4, -0.2) is 19.9 Å². The molecule has 0 aliphatic carbocycles. The van der Waals surface area contributed by atoms with Crippen molar-refractivity contribution in [2.45, 2.75) is 17.9 Å². The first-order chi connectivity index (χ1) is 9.15. The third-order valence-corrected chi connectivity index (χ3v) is 5.18. The molecule has 0 fully saturated rings. The smallest absolute Gasteiger partial charge is 0.241 e. The van der Waals surface area contributed by atoms with E-state index >= 15 is 0 Å². The molecule has 0 unspecified atom stereocenters. The van der Waals surface area contributed by atoms with E-state index in [-0.39, 0.29) is 11.4 Å². The number of thiazole rings is 1. The lowest BCUT2D eigenvalue weighted by Gasteiger charge is -2.07. The molecular weight excluding hydrogens is 282 g/mol. The van der Waals surface area contributed by atoms with E-state index in [2.05, 4.69) is 15.0 Å². The van der Waals surface area contributed by atoms with Crippen molar-refractivity contribution < 1.29 is 8.42 Å². The Morgan fingerprint density at radius 3 is 3.11 bits per heavy atom. The molecule has 0 saturated carbocycles. The van der Waals surface area contributed by atoms with Crippen molar-refractivity contribution in [3.63, 3.8) is 0 Å². The van der Waals surface area contributed by atoms with Gasteiger partial charge >= 0.3 is 0 Å². The highest BCUT2D eigenvalue weighted by Crippen LogP contribution is 2.25. The maximum atomic E-state index is 12.2. The van der Waals surface area contributed by atoms with Crippen LogP contribution in [0.3, 0.4) is 0 Å². The van der Waals surface area contributed by atoms with Crippen LogP contribution >= 0.6 is 11.3 Å². The fourth-order valence-corrected chi connectivity index (χ4v) is 3.68. The van der Waals surface area contributed by atoms with E-state index in [4.69, 9.17) is 0 Å². The van der Waals surface area contributed by atoms with Crippen LogP contribution in [-0.2, 0) is 23.0 Å². The quantitative estimate of drug-likeness (QED) is 0.898. The second-order valence-corrected chi connectivity index (χ2v) is 6.99. The van der Waals surface area contributed by atoms with Crippen molar-refractivity contribution >= 4 is 27.0 Å². The zero-order valence-corrected chi connectivity index (χ0v) is 11.7. The molecule has 0 amide bonds. The summed E-state index contributed by atoms with van der Waals surface area (Å²) in [6.07, 6.45) is 2.61. The summed E-state index contributed by atoms with van der Waals surface area (Å²) in [6.45, 7) is 1.09. The molecule has 1 aliphatic rings. The Balaban J connectivity index is 1.80. The van der Waals surface area contributed by atoms with Crippen LogP contribution in [0.25, 0.3) is 0 Å². The van der Waals surface area contributed by atoms with Crippen LogP contribution in [0.1, 0.15) is 10.6 Å². The summed E-state index contributed by atoms with van der Waals surface area (Å²) in [5.41, 5.74) is 2.08. The second-order valence-electron chi connectivity index (χ2n) is 4.25. The van der Waals surface area contributed by atoms with Crippen LogP contribution in [0, 0.1) is 0 Å². The van der Waals surface area contributed by atoms with Crippen molar-refractivity contribution in [3.05, 3.63) is 40.3 Å². The Morgan fingerprint density at radius 1 is 1.42 bits per heavy atom. The summed E-state index contributed by atoms with van der Waals surface area (Å²) >= 11 is 1.43. The molecule has 2 aromatic rings. The third kappa shape index (κ3) is 2.63. The number of sulfonamides is 1. The van der Waals surface area contributed by atoms with Gasteiger partial charge in [-0.25, -0.2) is 18.1 Å². The number of hydrogen-bond acceptors (Lipinski definition) is 5. The van der Waals surface area contributed by atoms with Gasteiger partial charge in [0.1, 0.15) is 5.01 Å². The van der Waals surface area contributed by atoms with Gasteiger partial charge in [-0.3, -0.25) is 0 Å². The largest absolute Gasteiger partial charge is 0.384 e. The molecule has 2 heterocycles. The monoisotopic (exact) mass is 295 g/mol. The molecule has 1 aromatic carbocycles. The number of nitrogens with zero attached hydrogens (tertiary/aromatic N) is 1. The van der Waals surface area contributed by atoms with Gasteiger partial charge in [0, 0.05) is 23.8 Å². The van der Waals surface area contributed by atoms with E-state index in [0.717, 1.165) is 23.7 Å². The first kappa shape index (κ1) is 12.6. The molecule has 19 heavy (non-hydrogen) atoms. The number of rotatable bonds is 4. The van der Waals surface area contributed by atoms with Crippen LogP contribution in [0.15, 0.2) is 34.7 Å².